The zero-order valence-corrected chi connectivity index (χ0v) is 11.5. The standard InChI is InChI=1S/C15H22N2O2/c1-16-10-7-14-8-11-17(14)15(18)19-12-9-13-5-3-2-4-6-13/h2-6,14,16H,7-12H2,1H3/t14-/m1/s1. The molecule has 1 aromatic rings. The molecule has 1 aromatic carbocycles. The predicted octanol–water partition coefficient (Wildman–Crippen LogP) is 2.05. The van der Waals surface area contributed by atoms with E-state index in [0.717, 1.165) is 32.4 Å². The van der Waals surface area contributed by atoms with Gasteiger partial charge >= 0.3 is 6.09 Å². The lowest BCUT2D eigenvalue weighted by Crippen LogP contribution is -2.52. The lowest BCUT2D eigenvalue weighted by atomic mass is 10.0. The van der Waals surface area contributed by atoms with Crippen molar-refractivity contribution in [1.82, 2.24) is 10.2 Å². The van der Waals surface area contributed by atoms with Gasteiger partial charge in [-0.25, -0.2) is 4.79 Å². The molecule has 0 bridgehead atoms. The number of hydrogen-bond donors (Lipinski definition) is 1. The molecule has 1 heterocycles. The molecule has 1 fully saturated rings. The summed E-state index contributed by atoms with van der Waals surface area (Å²) in [6, 6.07) is 10.4. The minimum Gasteiger partial charge on any atom is -0.449 e. The molecule has 0 saturated carbocycles. The van der Waals surface area contributed by atoms with E-state index in [1.54, 1.807) is 0 Å². The van der Waals surface area contributed by atoms with Crippen LogP contribution >= 0.6 is 0 Å². The molecule has 1 amide bonds. The molecule has 1 aliphatic heterocycles. The summed E-state index contributed by atoms with van der Waals surface area (Å²) in [5.41, 5.74) is 1.20. The topological polar surface area (TPSA) is 41.6 Å². The summed E-state index contributed by atoms with van der Waals surface area (Å²) in [5.74, 6) is 0. The quantitative estimate of drug-likeness (QED) is 0.853. The van der Waals surface area contributed by atoms with Gasteiger partial charge < -0.3 is 15.0 Å². The van der Waals surface area contributed by atoms with E-state index in [1.807, 2.05) is 42.3 Å². The van der Waals surface area contributed by atoms with E-state index in [9.17, 15) is 4.79 Å². The zero-order chi connectivity index (χ0) is 13.5. The molecule has 2 rings (SSSR count). The summed E-state index contributed by atoms with van der Waals surface area (Å²) in [6.45, 7) is 2.23. The van der Waals surface area contributed by atoms with Gasteiger partial charge in [0.2, 0.25) is 0 Å². The van der Waals surface area contributed by atoms with Crippen LogP contribution in [0, 0.1) is 0 Å². The smallest absolute Gasteiger partial charge is 0.410 e. The Kier molecular flexibility index (Phi) is 5.21. The van der Waals surface area contributed by atoms with Crippen LogP contribution in [-0.2, 0) is 11.2 Å². The molecule has 0 radical (unpaired) electrons. The molecular formula is C15H22N2O2. The second-order valence-corrected chi connectivity index (χ2v) is 4.88. The van der Waals surface area contributed by atoms with Gasteiger partial charge in [-0.15, -0.1) is 0 Å². The van der Waals surface area contributed by atoms with Crippen molar-refractivity contribution in [2.45, 2.75) is 25.3 Å². The minimum atomic E-state index is -0.164. The van der Waals surface area contributed by atoms with Crippen molar-refractivity contribution in [3.05, 3.63) is 35.9 Å². The average molecular weight is 262 g/mol. The molecule has 1 atom stereocenters. The SMILES string of the molecule is CNCC[C@@H]1CCN1C(=O)OCCc1ccccc1. The maximum Gasteiger partial charge on any atom is 0.410 e. The van der Waals surface area contributed by atoms with Gasteiger partial charge in [-0.05, 0) is 32.0 Å². The van der Waals surface area contributed by atoms with Gasteiger partial charge in [-0.1, -0.05) is 30.3 Å². The Morgan fingerprint density at radius 1 is 1.42 bits per heavy atom. The molecule has 0 unspecified atom stereocenters. The molecule has 0 spiro atoms. The number of benzene rings is 1. The van der Waals surface area contributed by atoms with Gasteiger partial charge in [0.15, 0.2) is 0 Å². The Morgan fingerprint density at radius 3 is 2.84 bits per heavy atom. The van der Waals surface area contributed by atoms with Crippen LogP contribution in [0.5, 0.6) is 0 Å². The first-order valence-corrected chi connectivity index (χ1v) is 6.93. The van der Waals surface area contributed by atoms with Gasteiger partial charge in [-0.3, -0.25) is 0 Å². The number of ether oxygens (including phenoxy) is 1. The Labute approximate surface area is 114 Å². The molecule has 1 N–H and O–H groups in total. The Balaban J connectivity index is 1.67. The lowest BCUT2D eigenvalue weighted by molar-refractivity contribution is 0.0460. The monoisotopic (exact) mass is 262 g/mol. The molecule has 19 heavy (non-hydrogen) atoms. The molecule has 0 aliphatic carbocycles. The van der Waals surface area contributed by atoms with Gasteiger partial charge in [0, 0.05) is 19.0 Å². The summed E-state index contributed by atoms with van der Waals surface area (Å²) in [4.78, 5) is 13.7. The van der Waals surface area contributed by atoms with Gasteiger partial charge in [0.25, 0.3) is 0 Å². The van der Waals surface area contributed by atoms with Crippen LogP contribution < -0.4 is 5.32 Å². The highest BCUT2D eigenvalue weighted by Crippen LogP contribution is 2.21. The average Bonchev–Trinajstić information content (AvgIpc) is 2.39. The van der Waals surface area contributed by atoms with Crippen LogP contribution in [0.15, 0.2) is 30.3 Å². The number of nitrogens with one attached hydrogen (secondary N) is 1. The highest BCUT2D eigenvalue weighted by atomic mass is 16.6. The number of hydrogen-bond acceptors (Lipinski definition) is 3. The summed E-state index contributed by atoms with van der Waals surface area (Å²) < 4.78 is 5.33. The van der Waals surface area contributed by atoms with Crippen LogP contribution in [0.4, 0.5) is 4.79 Å². The first-order chi connectivity index (χ1) is 9.31. The third kappa shape index (κ3) is 3.96. The Hall–Kier alpha value is -1.55. The fourth-order valence-corrected chi connectivity index (χ4v) is 2.28. The molecule has 0 aromatic heterocycles. The third-order valence-electron chi connectivity index (χ3n) is 3.57. The van der Waals surface area contributed by atoms with Crippen LogP contribution in [-0.4, -0.2) is 43.8 Å². The van der Waals surface area contributed by atoms with E-state index < -0.39 is 0 Å². The van der Waals surface area contributed by atoms with E-state index in [0.29, 0.717) is 12.6 Å². The number of nitrogens with zero attached hydrogens (tertiary/aromatic N) is 1. The van der Waals surface area contributed by atoms with E-state index in [-0.39, 0.29) is 6.09 Å². The van der Waals surface area contributed by atoms with Gasteiger partial charge in [0.05, 0.1) is 6.61 Å². The van der Waals surface area contributed by atoms with Crippen molar-refractivity contribution in [3.8, 4) is 0 Å². The summed E-state index contributed by atoms with van der Waals surface area (Å²) in [6.07, 6.45) is 2.71. The summed E-state index contributed by atoms with van der Waals surface area (Å²) in [5, 5.41) is 3.11. The number of carbonyl (C=O) groups is 1. The summed E-state index contributed by atoms with van der Waals surface area (Å²) >= 11 is 0. The van der Waals surface area contributed by atoms with Crippen molar-refractivity contribution in [1.29, 1.82) is 0 Å². The molecular weight excluding hydrogens is 240 g/mol. The normalized spacial score (nSPS) is 17.9. The molecule has 1 saturated heterocycles. The van der Waals surface area contributed by atoms with Crippen molar-refractivity contribution >= 4 is 6.09 Å². The van der Waals surface area contributed by atoms with E-state index in [2.05, 4.69) is 5.32 Å². The van der Waals surface area contributed by atoms with Crippen molar-refractivity contribution in [3.63, 3.8) is 0 Å². The van der Waals surface area contributed by atoms with Crippen molar-refractivity contribution in [2.24, 2.45) is 0 Å². The second kappa shape index (κ2) is 7.14. The van der Waals surface area contributed by atoms with Crippen LogP contribution in [0.3, 0.4) is 0 Å². The molecule has 4 heteroatoms. The van der Waals surface area contributed by atoms with E-state index >= 15 is 0 Å². The van der Waals surface area contributed by atoms with Gasteiger partial charge in [-0.2, -0.15) is 0 Å². The second-order valence-electron chi connectivity index (χ2n) is 4.88. The van der Waals surface area contributed by atoms with Crippen molar-refractivity contribution in [2.75, 3.05) is 26.7 Å². The Bertz CT molecular complexity index is 394. The minimum absolute atomic E-state index is 0.164. The number of likely N-dealkylation sites (tertiary alicyclic amines) is 1. The van der Waals surface area contributed by atoms with Crippen LogP contribution in [0.1, 0.15) is 18.4 Å². The summed E-state index contributed by atoms with van der Waals surface area (Å²) in [7, 11) is 1.93. The number of rotatable bonds is 6. The lowest BCUT2D eigenvalue weighted by Gasteiger charge is -2.40. The van der Waals surface area contributed by atoms with Crippen LogP contribution in [0.25, 0.3) is 0 Å². The zero-order valence-electron chi connectivity index (χ0n) is 11.5. The van der Waals surface area contributed by atoms with Crippen LogP contribution in [0.2, 0.25) is 0 Å². The first-order valence-electron chi connectivity index (χ1n) is 6.93. The predicted molar refractivity (Wildman–Crippen MR) is 75.1 cm³/mol. The third-order valence-corrected chi connectivity index (χ3v) is 3.57. The molecule has 104 valence electrons. The molecule has 1 aliphatic rings. The first kappa shape index (κ1) is 13.9. The van der Waals surface area contributed by atoms with E-state index in [4.69, 9.17) is 4.74 Å². The Morgan fingerprint density at radius 2 is 2.21 bits per heavy atom. The fraction of sp³-hybridized carbons (Fsp3) is 0.533. The molecule has 4 nitrogen and oxygen atoms in total. The number of carbonyl (C=O) groups excluding carboxylic acids is 1. The fourth-order valence-electron chi connectivity index (χ4n) is 2.28. The van der Waals surface area contributed by atoms with Crippen molar-refractivity contribution < 1.29 is 9.53 Å². The van der Waals surface area contributed by atoms with Gasteiger partial charge in [0.1, 0.15) is 0 Å². The maximum atomic E-state index is 11.9. The largest absolute Gasteiger partial charge is 0.449 e. The highest BCUT2D eigenvalue weighted by Gasteiger charge is 2.32. The maximum absolute atomic E-state index is 11.9. The number of amides is 1. The highest BCUT2D eigenvalue weighted by molar-refractivity contribution is 5.69. The van der Waals surface area contributed by atoms with E-state index in [1.165, 1.54) is 5.56 Å².